The van der Waals surface area contributed by atoms with Gasteiger partial charge >= 0.3 is 0 Å². The molecule has 0 N–H and O–H groups in total. The first kappa shape index (κ1) is 11.4. The van der Waals surface area contributed by atoms with Crippen molar-refractivity contribution in [3.8, 4) is 0 Å². The SMILES string of the molecule is CC1(C)[C@@H]2C[C@H]1C(C=Cc1ccncc1)=CC2=O. The van der Waals surface area contributed by atoms with E-state index in [4.69, 9.17) is 0 Å². The monoisotopic (exact) mass is 239 g/mol. The summed E-state index contributed by atoms with van der Waals surface area (Å²) in [6.45, 7) is 4.41. The van der Waals surface area contributed by atoms with Crippen molar-refractivity contribution in [2.75, 3.05) is 0 Å². The number of hydrogen-bond donors (Lipinski definition) is 0. The maximum atomic E-state index is 11.9. The Morgan fingerprint density at radius 1 is 1.22 bits per heavy atom. The van der Waals surface area contributed by atoms with Gasteiger partial charge in [0.15, 0.2) is 5.78 Å². The van der Waals surface area contributed by atoms with Gasteiger partial charge in [-0.3, -0.25) is 9.78 Å². The largest absolute Gasteiger partial charge is 0.295 e. The smallest absolute Gasteiger partial charge is 0.159 e. The summed E-state index contributed by atoms with van der Waals surface area (Å²) >= 11 is 0. The number of carbonyl (C=O) groups is 1. The minimum absolute atomic E-state index is 0.143. The molecule has 0 radical (unpaired) electrons. The molecule has 1 fully saturated rings. The van der Waals surface area contributed by atoms with Crippen molar-refractivity contribution < 1.29 is 4.79 Å². The van der Waals surface area contributed by atoms with Crippen LogP contribution in [0, 0.1) is 17.3 Å². The lowest BCUT2D eigenvalue weighted by atomic mass is 9.48. The van der Waals surface area contributed by atoms with E-state index in [9.17, 15) is 4.79 Å². The second-order valence-electron chi connectivity index (χ2n) is 5.82. The van der Waals surface area contributed by atoms with E-state index >= 15 is 0 Å². The molecule has 1 saturated carbocycles. The van der Waals surface area contributed by atoms with E-state index in [2.05, 4.69) is 31.0 Å². The molecule has 0 saturated heterocycles. The third kappa shape index (κ3) is 1.64. The summed E-state index contributed by atoms with van der Waals surface area (Å²) in [6, 6.07) is 3.94. The second-order valence-corrected chi connectivity index (χ2v) is 5.82. The lowest BCUT2D eigenvalue weighted by molar-refractivity contribution is -0.133. The number of hydrogen-bond acceptors (Lipinski definition) is 2. The van der Waals surface area contributed by atoms with Gasteiger partial charge in [-0.15, -0.1) is 0 Å². The van der Waals surface area contributed by atoms with E-state index in [0.29, 0.717) is 11.7 Å². The predicted molar refractivity (Wildman–Crippen MR) is 71.7 cm³/mol. The number of ketones is 1. The van der Waals surface area contributed by atoms with Crippen molar-refractivity contribution in [2.45, 2.75) is 20.3 Å². The number of aromatic nitrogens is 1. The average Bonchev–Trinajstić information content (AvgIpc) is 2.36. The molecule has 0 aromatic carbocycles. The van der Waals surface area contributed by atoms with Crippen molar-refractivity contribution in [3.05, 3.63) is 47.8 Å². The fourth-order valence-corrected chi connectivity index (χ4v) is 3.17. The fraction of sp³-hybridized carbons (Fsp3) is 0.375. The fourth-order valence-electron chi connectivity index (χ4n) is 3.17. The van der Waals surface area contributed by atoms with Crippen molar-refractivity contribution in [3.63, 3.8) is 0 Å². The van der Waals surface area contributed by atoms with Crippen LogP contribution in [0.2, 0.25) is 0 Å². The van der Waals surface area contributed by atoms with Gasteiger partial charge in [0.2, 0.25) is 0 Å². The van der Waals surface area contributed by atoms with Gasteiger partial charge in [0, 0.05) is 18.3 Å². The van der Waals surface area contributed by atoms with Gasteiger partial charge in [-0.25, -0.2) is 0 Å². The van der Waals surface area contributed by atoms with Gasteiger partial charge in [0.25, 0.3) is 0 Å². The Kier molecular flexibility index (Phi) is 2.47. The Morgan fingerprint density at radius 2 is 1.94 bits per heavy atom. The zero-order chi connectivity index (χ0) is 12.8. The molecule has 0 amide bonds. The molecule has 3 aliphatic rings. The molecule has 92 valence electrons. The molecule has 18 heavy (non-hydrogen) atoms. The Hall–Kier alpha value is -1.70. The van der Waals surface area contributed by atoms with E-state index < -0.39 is 0 Å². The summed E-state index contributed by atoms with van der Waals surface area (Å²) < 4.78 is 0. The zero-order valence-corrected chi connectivity index (χ0v) is 10.8. The summed E-state index contributed by atoms with van der Waals surface area (Å²) in [6.07, 6.45) is 10.6. The Morgan fingerprint density at radius 3 is 2.56 bits per heavy atom. The molecule has 1 aromatic heterocycles. The van der Waals surface area contributed by atoms with E-state index in [0.717, 1.165) is 12.0 Å². The van der Waals surface area contributed by atoms with Crippen LogP contribution in [0.25, 0.3) is 6.08 Å². The van der Waals surface area contributed by atoms with E-state index in [-0.39, 0.29) is 11.3 Å². The quantitative estimate of drug-likeness (QED) is 0.792. The van der Waals surface area contributed by atoms with Gasteiger partial charge in [-0.2, -0.15) is 0 Å². The van der Waals surface area contributed by atoms with Crippen LogP contribution in [0.1, 0.15) is 25.8 Å². The van der Waals surface area contributed by atoms with Crippen LogP contribution in [-0.4, -0.2) is 10.8 Å². The highest BCUT2D eigenvalue weighted by atomic mass is 16.1. The van der Waals surface area contributed by atoms with Crippen molar-refractivity contribution >= 4 is 11.9 Å². The van der Waals surface area contributed by atoms with Gasteiger partial charge < -0.3 is 0 Å². The molecule has 2 heteroatoms. The zero-order valence-electron chi connectivity index (χ0n) is 10.8. The van der Waals surface area contributed by atoms with Crippen LogP contribution in [0.4, 0.5) is 0 Å². The number of carbonyl (C=O) groups excluding carboxylic acids is 1. The first-order valence-corrected chi connectivity index (χ1v) is 6.42. The standard InChI is InChI=1S/C16H17NO/c1-16(2)13-10-14(16)15(18)9-12(13)4-3-11-5-7-17-8-6-11/h3-9,13-14H,10H2,1-2H3/t13-,14+/m0/s1. The first-order valence-electron chi connectivity index (χ1n) is 6.42. The highest BCUT2D eigenvalue weighted by Crippen LogP contribution is 2.58. The summed E-state index contributed by atoms with van der Waals surface area (Å²) in [4.78, 5) is 15.9. The molecule has 2 bridgehead atoms. The Bertz CT molecular complexity index is 539. The Labute approximate surface area is 107 Å². The number of fused-ring (bicyclic) bond motifs is 1. The normalized spacial score (nSPS) is 29.0. The molecular formula is C16H17NO. The van der Waals surface area contributed by atoms with Crippen LogP contribution >= 0.6 is 0 Å². The molecular weight excluding hydrogens is 222 g/mol. The third-order valence-electron chi connectivity index (χ3n) is 4.50. The number of nitrogens with zero attached hydrogens (tertiary/aromatic N) is 1. The average molecular weight is 239 g/mol. The van der Waals surface area contributed by atoms with Crippen molar-refractivity contribution in [1.82, 2.24) is 4.98 Å². The number of rotatable bonds is 2. The minimum atomic E-state index is 0.143. The molecule has 1 heterocycles. The summed E-state index contributed by atoms with van der Waals surface area (Å²) in [5, 5.41) is 0. The lowest BCUT2D eigenvalue weighted by Gasteiger charge is -2.54. The van der Waals surface area contributed by atoms with Gasteiger partial charge in [0.1, 0.15) is 0 Å². The molecule has 3 aliphatic carbocycles. The minimum Gasteiger partial charge on any atom is -0.295 e. The van der Waals surface area contributed by atoms with Gasteiger partial charge in [-0.1, -0.05) is 26.0 Å². The summed E-state index contributed by atoms with van der Waals surface area (Å²) in [5.74, 6) is 1.09. The topological polar surface area (TPSA) is 30.0 Å². The molecule has 2 atom stereocenters. The van der Waals surface area contributed by atoms with E-state index in [1.807, 2.05) is 18.2 Å². The van der Waals surface area contributed by atoms with Crippen molar-refractivity contribution in [1.29, 1.82) is 0 Å². The number of pyridine rings is 1. The van der Waals surface area contributed by atoms with Crippen LogP contribution in [-0.2, 0) is 4.79 Å². The van der Waals surface area contributed by atoms with Crippen molar-refractivity contribution in [2.24, 2.45) is 17.3 Å². The molecule has 1 aromatic rings. The Balaban J connectivity index is 1.86. The first-order chi connectivity index (χ1) is 8.59. The van der Waals surface area contributed by atoms with Crippen LogP contribution in [0.3, 0.4) is 0 Å². The van der Waals surface area contributed by atoms with Gasteiger partial charge in [-0.05, 0) is 47.1 Å². The maximum Gasteiger partial charge on any atom is 0.159 e. The molecule has 0 unspecified atom stereocenters. The molecule has 0 aliphatic heterocycles. The molecule has 4 rings (SSSR count). The lowest BCUT2D eigenvalue weighted by Crippen LogP contribution is -2.52. The highest BCUT2D eigenvalue weighted by Gasteiger charge is 2.54. The molecule has 0 spiro atoms. The summed E-state index contributed by atoms with van der Waals surface area (Å²) in [5.41, 5.74) is 2.45. The highest BCUT2D eigenvalue weighted by molar-refractivity contribution is 5.96. The van der Waals surface area contributed by atoms with E-state index in [1.54, 1.807) is 12.4 Å². The molecule has 2 nitrogen and oxygen atoms in total. The second kappa shape index (κ2) is 3.91. The number of allylic oxidation sites excluding steroid dienone is 3. The van der Waals surface area contributed by atoms with Crippen LogP contribution < -0.4 is 0 Å². The third-order valence-corrected chi connectivity index (χ3v) is 4.50. The van der Waals surface area contributed by atoms with Gasteiger partial charge in [0.05, 0.1) is 0 Å². The predicted octanol–water partition coefficient (Wildman–Crippen LogP) is 3.27. The maximum absolute atomic E-state index is 11.9. The van der Waals surface area contributed by atoms with Crippen LogP contribution in [0.5, 0.6) is 0 Å². The summed E-state index contributed by atoms with van der Waals surface area (Å²) in [7, 11) is 0. The van der Waals surface area contributed by atoms with E-state index in [1.165, 1.54) is 5.57 Å². The van der Waals surface area contributed by atoms with Crippen LogP contribution in [0.15, 0.2) is 42.3 Å².